The first kappa shape index (κ1) is 16.7. The van der Waals surface area contributed by atoms with Gasteiger partial charge in [0.25, 0.3) is 5.91 Å². The fourth-order valence-electron chi connectivity index (χ4n) is 3.00. The Morgan fingerprint density at radius 2 is 1.71 bits per heavy atom. The standard InChI is InChI=1S/C20H22FNO2/c21-19-8-6-18(7-9-19)20(23)22-12-10-17(11-13-22)15-24-14-16-4-2-1-3-5-16/h1-9,17H,10-15H2. The van der Waals surface area contributed by atoms with Gasteiger partial charge >= 0.3 is 0 Å². The summed E-state index contributed by atoms with van der Waals surface area (Å²) in [4.78, 5) is 14.2. The van der Waals surface area contributed by atoms with Gasteiger partial charge in [-0.05, 0) is 48.6 Å². The van der Waals surface area contributed by atoms with E-state index in [0.29, 0.717) is 18.1 Å². The SMILES string of the molecule is O=C(c1ccc(F)cc1)N1CCC(COCc2ccccc2)CC1. The van der Waals surface area contributed by atoms with E-state index >= 15 is 0 Å². The molecule has 0 aromatic heterocycles. The van der Waals surface area contributed by atoms with Gasteiger partial charge in [0.2, 0.25) is 0 Å². The molecular formula is C20H22FNO2. The first-order valence-corrected chi connectivity index (χ1v) is 8.39. The minimum absolute atomic E-state index is 0.0151. The van der Waals surface area contributed by atoms with Crippen LogP contribution >= 0.6 is 0 Å². The van der Waals surface area contributed by atoms with Gasteiger partial charge in [-0.25, -0.2) is 4.39 Å². The van der Waals surface area contributed by atoms with Crippen LogP contribution in [-0.2, 0) is 11.3 Å². The Labute approximate surface area is 142 Å². The van der Waals surface area contributed by atoms with E-state index in [1.165, 1.54) is 17.7 Å². The first-order chi connectivity index (χ1) is 11.7. The molecule has 4 heteroatoms. The number of rotatable bonds is 5. The van der Waals surface area contributed by atoms with Crippen LogP contribution in [0.1, 0.15) is 28.8 Å². The largest absolute Gasteiger partial charge is 0.376 e. The van der Waals surface area contributed by atoms with E-state index in [1.807, 2.05) is 23.1 Å². The Kier molecular flexibility index (Phi) is 5.59. The van der Waals surface area contributed by atoms with Gasteiger partial charge in [0.05, 0.1) is 6.61 Å². The predicted octanol–water partition coefficient (Wildman–Crippen LogP) is 3.89. The molecule has 0 aliphatic carbocycles. The number of amides is 1. The molecule has 0 radical (unpaired) electrons. The zero-order chi connectivity index (χ0) is 16.8. The number of likely N-dealkylation sites (tertiary alicyclic amines) is 1. The lowest BCUT2D eigenvalue weighted by molar-refractivity contribution is 0.0478. The number of hydrogen-bond donors (Lipinski definition) is 0. The van der Waals surface area contributed by atoms with Gasteiger partial charge in [-0.15, -0.1) is 0 Å². The highest BCUT2D eigenvalue weighted by Gasteiger charge is 2.23. The molecule has 0 unspecified atom stereocenters. The summed E-state index contributed by atoms with van der Waals surface area (Å²) in [6, 6.07) is 15.9. The lowest BCUT2D eigenvalue weighted by Crippen LogP contribution is -2.39. The fourth-order valence-corrected chi connectivity index (χ4v) is 3.00. The van der Waals surface area contributed by atoms with Crippen molar-refractivity contribution in [2.75, 3.05) is 19.7 Å². The molecule has 1 heterocycles. The van der Waals surface area contributed by atoms with Gasteiger partial charge in [-0.3, -0.25) is 4.79 Å². The van der Waals surface area contributed by atoms with Gasteiger partial charge < -0.3 is 9.64 Å². The predicted molar refractivity (Wildman–Crippen MR) is 91.1 cm³/mol. The highest BCUT2D eigenvalue weighted by Crippen LogP contribution is 2.20. The summed E-state index contributed by atoms with van der Waals surface area (Å²) in [6.45, 7) is 2.83. The lowest BCUT2D eigenvalue weighted by atomic mass is 9.97. The van der Waals surface area contributed by atoms with Crippen LogP contribution in [0.25, 0.3) is 0 Å². The molecule has 3 rings (SSSR count). The van der Waals surface area contributed by atoms with Gasteiger partial charge in [-0.2, -0.15) is 0 Å². The lowest BCUT2D eigenvalue weighted by Gasteiger charge is -2.32. The summed E-state index contributed by atoms with van der Waals surface area (Å²) in [6.07, 6.45) is 1.89. The van der Waals surface area contributed by atoms with Gasteiger partial charge in [0.1, 0.15) is 5.82 Å². The molecule has 1 amide bonds. The van der Waals surface area contributed by atoms with Crippen LogP contribution in [0.15, 0.2) is 54.6 Å². The minimum atomic E-state index is -0.319. The molecule has 0 bridgehead atoms. The van der Waals surface area contributed by atoms with Crippen molar-refractivity contribution in [3.63, 3.8) is 0 Å². The van der Waals surface area contributed by atoms with E-state index in [1.54, 1.807) is 12.1 Å². The van der Waals surface area contributed by atoms with E-state index in [9.17, 15) is 9.18 Å². The van der Waals surface area contributed by atoms with Crippen LogP contribution in [0.2, 0.25) is 0 Å². The van der Waals surface area contributed by atoms with Crippen molar-refractivity contribution in [3.05, 3.63) is 71.5 Å². The van der Waals surface area contributed by atoms with Crippen molar-refractivity contribution in [3.8, 4) is 0 Å². The quantitative estimate of drug-likeness (QED) is 0.834. The molecule has 1 aliphatic rings. The summed E-state index contributed by atoms with van der Waals surface area (Å²) >= 11 is 0. The van der Waals surface area contributed by atoms with Crippen LogP contribution in [0.5, 0.6) is 0 Å². The Bertz CT molecular complexity index is 649. The number of piperidine rings is 1. The average molecular weight is 327 g/mol. The average Bonchev–Trinajstić information content (AvgIpc) is 2.63. The fraction of sp³-hybridized carbons (Fsp3) is 0.350. The van der Waals surface area contributed by atoms with E-state index in [-0.39, 0.29) is 11.7 Å². The monoisotopic (exact) mass is 327 g/mol. The first-order valence-electron chi connectivity index (χ1n) is 8.39. The Balaban J connectivity index is 1.42. The molecule has 3 nitrogen and oxygen atoms in total. The zero-order valence-electron chi connectivity index (χ0n) is 13.7. The van der Waals surface area contributed by atoms with Crippen LogP contribution in [0.3, 0.4) is 0 Å². The number of ether oxygens (including phenoxy) is 1. The molecule has 1 aliphatic heterocycles. The third-order valence-corrected chi connectivity index (χ3v) is 4.46. The zero-order valence-corrected chi connectivity index (χ0v) is 13.7. The summed E-state index contributed by atoms with van der Waals surface area (Å²) in [5.41, 5.74) is 1.73. The summed E-state index contributed by atoms with van der Waals surface area (Å²) in [5, 5.41) is 0. The second-order valence-corrected chi connectivity index (χ2v) is 6.24. The molecular weight excluding hydrogens is 305 g/mol. The van der Waals surface area contributed by atoms with Crippen LogP contribution in [0.4, 0.5) is 4.39 Å². The summed E-state index contributed by atoms with van der Waals surface area (Å²) < 4.78 is 18.8. The molecule has 2 aromatic carbocycles. The molecule has 0 N–H and O–H groups in total. The van der Waals surface area contributed by atoms with Crippen molar-refractivity contribution in [2.45, 2.75) is 19.4 Å². The molecule has 126 valence electrons. The Morgan fingerprint density at radius 1 is 1.04 bits per heavy atom. The minimum Gasteiger partial charge on any atom is -0.376 e. The van der Waals surface area contributed by atoms with E-state index < -0.39 is 0 Å². The maximum absolute atomic E-state index is 12.9. The van der Waals surface area contributed by atoms with Gasteiger partial charge in [0.15, 0.2) is 0 Å². The van der Waals surface area contributed by atoms with Crippen molar-refractivity contribution in [1.82, 2.24) is 4.90 Å². The highest BCUT2D eigenvalue weighted by molar-refractivity contribution is 5.94. The van der Waals surface area contributed by atoms with E-state index in [2.05, 4.69) is 12.1 Å². The second kappa shape index (κ2) is 8.06. The number of carbonyl (C=O) groups excluding carboxylic acids is 1. The molecule has 0 saturated carbocycles. The molecule has 24 heavy (non-hydrogen) atoms. The summed E-state index contributed by atoms with van der Waals surface area (Å²) in [5.74, 6) is 0.158. The smallest absolute Gasteiger partial charge is 0.253 e. The number of hydrogen-bond acceptors (Lipinski definition) is 2. The molecule has 0 spiro atoms. The number of benzene rings is 2. The van der Waals surface area contributed by atoms with Crippen molar-refractivity contribution < 1.29 is 13.9 Å². The highest BCUT2D eigenvalue weighted by atomic mass is 19.1. The van der Waals surface area contributed by atoms with Crippen LogP contribution in [0, 0.1) is 11.7 Å². The topological polar surface area (TPSA) is 29.5 Å². The number of carbonyl (C=O) groups is 1. The third-order valence-electron chi connectivity index (χ3n) is 4.46. The Morgan fingerprint density at radius 3 is 2.38 bits per heavy atom. The second-order valence-electron chi connectivity index (χ2n) is 6.24. The van der Waals surface area contributed by atoms with Crippen molar-refractivity contribution in [2.24, 2.45) is 5.92 Å². The normalized spacial score (nSPS) is 15.5. The Hall–Kier alpha value is -2.20. The maximum atomic E-state index is 12.9. The van der Waals surface area contributed by atoms with E-state index in [0.717, 1.165) is 32.5 Å². The molecule has 1 saturated heterocycles. The molecule has 0 atom stereocenters. The van der Waals surface area contributed by atoms with Crippen LogP contribution in [-0.4, -0.2) is 30.5 Å². The van der Waals surface area contributed by atoms with E-state index in [4.69, 9.17) is 4.74 Å². The van der Waals surface area contributed by atoms with Gasteiger partial charge in [-0.1, -0.05) is 30.3 Å². The number of nitrogens with zero attached hydrogens (tertiary/aromatic N) is 1. The summed E-state index contributed by atoms with van der Waals surface area (Å²) in [7, 11) is 0. The maximum Gasteiger partial charge on any atom is 0.253 e. The van der Waals surface area contributed by atoms with Crippen LogP contribution < -0.4 is 0 Å². The molecule has 2 aromatic rings. The third kappa shape index (κ3) is 4.42. The molecule has 1 fully saturated rings. The number of halogens is 1. The van der Waals surface area contributed by atoms with Crippen molar-refractivity contribution in [1.29, 1.82) is 0 Å². The van der Waals surface area contributed by atoms with Gasteiger partial charge in [0, 0.05) is 25.3 Å². The van der Waals surface area contributed by atoms with Crippen molar-refractivity contribution >= 4 is 5.91 Å².